The van der Waals surface area contributed by atoms with Crippen molar-refractivity contribution in [1.29, 1.82) is 0 Å². The van der Waals surface area contributed by atoms with Gasteiger partial charge >= 0.3 is 0 Å². The van der Waals surface area contributed by atoms with Crippen molar-refractivity contribution in [2.45, 2.75) is 25.0 Å². The van der Waals surface area contributed by atoms with Gasteiger partial charge in [-0.05, 0) is 48.1 Å². The van der Waals surface area contributed by atoms with Gasteiger partial charge in [-0.3, -0.25) is 19.3 Å². The third-order valence-corrected chi connectivity index (χ3v) is 6.52. The number of hydrogen-bond acceptors (Lipinski definition) is 5. The topological polar surface area (TPSA) is 87.7 Å². The lowest BCUT2D eigenvalue weighted by atomic mass is 10.0. The number of halogens is 1. The van der Waals surface area contributed by atoms with E-state index in [0.29, 0.717) is 23.6 Å². The summed E-state index contributed by atoms with van der Waals surface area (Å²) in [7, 11) is 0. The van der Waals surface area contributed by atoms with Crippen molar-refractivity contribution in [2.75, 3.05) is 24.6 Å². The number of carbonyl (C=O) groups is 3. The number of nitrogens with zero attached hydrogens (tertiary/aromatic N) is 1. The molecule has 182 valence electrons. The monoisotopic (exact) mass is 495 g/mol. The Labute approximate surface area is 206 Å². The molecule has 1 aliphatic rings. The maximum Gasteiger partial charge on any atom is 0.261 e. The van der Waals surface area contributed by atoms with Crippen molar-refractivity contribution in [3.05, 3.63) is 88.4 Å². The van der Waals surface area contributed by atoms with E-state index in [-0.39, 0.29) is 18.3 Å². The number of thiophene rings is 1. The molecule has 35 heavy (non-hydrogen) atoms. The van der Waals surface area contributed by atoms with E-state index in [1.165, 1.54) is 34.4 Å². The number of carbonyl (C=O) groups excluding carboxylic acids is 3. The third-order valence-electron chi connectivity index (χ3n) is 5.65. The van der Waals surface area contributed by atoms with Crippen molar-refractivity contribution in [3.8, 4) is 0 Å². The number of benzene rings is 2. The second kappa shape index (κ2) is 11.7. The van der Waals surface area contributed by atoms with Crippen LogP contribution in [0.1, 0.15) is 34.1 Å². The second-order valence-electron chi connectivity index (χ2n) is 8.10. The Hall–Kier alpha value is -3.56. The predicted molar refractivity (Wildman–Crippen MR) is 132 cm³/mol. The number of amides is 3. The highest BCUT2D eigenvalue weighted by atomic mass is 32.1. The van der Waals surface area contributed by atoms with E-state index in [9.17, 15) is 18.8 Å². The largest absolute Gasteiger partial charge is 0.376 e. The normalized spacial score (nSPS) is 15.9. The summed E-state index contributed by atoms with van der Waals surface area (Å²) >= 11 is 1.25. The highest BCUT2D eigenvalue weighted by molar-refractivity contribution is 7.12. The first-order valence-electron chi connectivity index (χ1n) is 11.4. The zero-order chi connectivity index (χ0) is 24.6. The fraction of sp³-hybridized carbons (Fsp3) is 0.269. The molecule has 2 N–H and O–H groups in total. The van der Waals surface area contributed by atoms with E-state index < -0.39 is 29.6 Å². The summed E-state index contributed by atoms with van der Waals surface area (Å²) in [6.07, 6.45) is 1.69. The Morgan fingerprint density at radius 2 is 1.89 bits per heavy atom. The Balaban J connectivity index is 1.63. The summed E-state index contributed by atoms with van der Waals surface area (Å²) in [5, 5.41) is 7.26. The van der Waals surface area contributed by atoms with E-state index in [1.807, 2.05) is 0 Å². The minimum absolute atomic E-state index is 0.0845. The summed E-state index contributed by atoms with van der Waals surface area (Å²) in [4.78, 5) is 41.1. The van der Waals surface area contributed by atoms with Gasteiger partial charge in [0.25, 0.3) is 5.91 Å². The van der Waals surface area contributed by atoms with Crippen LogP contribution in [-0.4, -0.2) is 43.5 Å². The van der Waals surface area contributed by atoms with Crippen LogP contribution in [0.5, 0.6) is 0 Å². The van der Waals surface area contributed by atoms with Crippen LogP contribution >= 0.6 is 11.3 Å². The van der Waals surface area contributed by atoms with Crippen molar-refractivity contribution >= 4 is 34.7 Å². The summed E-state index contributed by atoms with van der Waals surface area (Å²) < 4.78 is 19.8. The first kappa shape index (κ1) is 24.6. The van der Waals surface area contributed by atoms with Gasteiger partial charge < -0.3 is 15.4 Å². The van der Waals surface area contributed by atoms with Crippen LogP contribution in [-0.2, 0) is 14.3 Å². The van der Waals surface area contributed by atoms with Gasteiger partial charge in [0, 0.05) is 18.8 Å². The minimum Gasteiger partial charge on any atom is -0.376 e. The molecule has 9 heteroatoms. The van der Waals surface area contributed by atoms with Crippen LogP contribution < -0.4 is 15.5 Å². The molecule has 3 amide bonds. The first-order valence-corrected chi connectivity index (χ1v) is 12.2. The molecular weight excluding hydrogens is 469 g/mol. The van der Waals surface area contributed by atoms with E-state index in [2.05, 4.69) is 10.6 Å². The zero-order valence-electron chi connectivity index (χ0n) is 19.0. The summed E-state index contributed by atoms with van der Waals surface area (Å²) in [5.41, 5.74) is 0.765. The Morgan fingerprint density at radius 1 is 1.06 bits per heavy atom. The average Bonchev–Trinajstić information content (AvgIpc) is 3.59. The molecule has 2 aromatic carbocycles. The lowest BCUT2D eigenvalue weighted by molar-refractivity contribution is -0.126. The quantitative estimate of drug-likeness (QED) is 0.474. The van der Waals surface area contributed by atoms with Crippen molar-refractivity contribution in [2.24, 2.45) is 0 Å². The highest BCUT2D eigenvalue weighted by Crippen LogP contribution is 2.29. The molecule has 3 aromatic rings. The molecule has 0 aliphatic carbocycles. The van der Waals surface area contributed by atoms with Crippen LogP contribution in [0.3, 0.4) is 0 Å². The van der Waals surface area contributed by atoms with Crippen molar-refractivity contribution < 1.29 is 23.5 Å². The van der Waals surface area contributed by atoms with Crippen LogP contribution in [0.2, 0.25) is 0 Å². The van der Waals surface area contributed by atoms with E-state index in [0.717, 1.165) is 12.8 Å². The molecular formula is C26H26FN3O4S. The number of ether oxygens (including phenoxy) is 1. The molecule has 2 heterocycles. The smallest absolute Gasteiger partial charge is 0.261 e. The molecule has 2 unspecified atom stereocenters. The Bertz CT molecular complexity index is 1150. The van der Waals surface area contributed by atoms with Gasteiger partial charge in [-0.2, -0.15) is 0 Å². The molecule has 4 rings (SSSR count). The van der Waals surface area contributed by atoms with Gasteiger partial charge in [-0.15, -0.1) is 11.3 Å². The van der Waals surface area contributed by atoms with Crippen LogP contribution in [0.15, 0.2) is 72.1 Å². The zero-order valence-corrected chi connectivity index (χ0v) is 19.8. The molecule has 0 spiro atoms. The van der Waals surface area contributed by atoms with Crippen LogP contribution in [0.4, 0.5) is 10.1 Å². The lowest BCUT2D eigenvalue weighted by Gasteiger charge is -2.32. The minimum atomic E-state index is -1.08. The number of rotatable bonds is 9. The molecule has 7 nitrogen and oxygen atoms in total. The van der Waals surface area contributed by atoms with Crippen molar-refractivity contribution in [1.82, 2.24) is 10.6 Å². The summed E-state index contributed by atoms with van der Waals surface area (Å²) in [6.45, 7) is 0.596. The van der Waals surface area contributed by atoms with Crippen LogP contribution in [0, 0.1) is 5.82 Å². The Morgan fingerprint density at radius 3 is 2.57 bits per heavy atom. The maximum absolute atomic E-state index is 14.2. The highest BCUT2D eigenvalue weighted by Gasteiger charge is 2.33. The molecule has 0 radical (unpaired) electrons. The van der Waals surface area contributed by atoms with E-state index in [1.54, 1.807) is 53.9 Å². The third kappa shape index (κ3) is 6.32. The number of anilines is 1. The SMILES string of the molecule is O=C(NCC(=O)N(c1cccc(F)c1)C(C(=O)NCC1CCCO1)c1ccccc1)c1cccs1. The summed E-state index contributed by atoms with van der Waals surface area (Å²) in [5.74, 6) is -1.92. The van der Waals surface area contributed by atoms with Crippen LogP contribution in [0.25, 0.3) is 0 Å². The maximum atomic E-state index is 14.2. The number of nitrogens with one attached hydrogen (secondary N) is 2. The van der Waals surface area contributed by atoms with Gasteiger partial charge in [0.1, 0.15) is 11.9 Å². The Kier molecular flexibility index (Phi) is 8.23. The van der Waals surface area contributed by atoms with Gasteiger partial charge in [-0.25, -0.2) is 4.39 Å². The second-order valence-corrected chi connectivity index (χ2v) is 9.04. The van der Waals surface area contributed by atoms with E-state index in [4.69, 9.17) is 4.74 Å². The molecule has 1 fully saturated rings. The molecule has 2 atom stereocenters. The summed E-state index contributed by atoms with van der Waals surface area (Å²) in [6, 6.07) is 16.6. The molecule has 0 bridgehead atoms. The molecule has 1 aliphatic heterocycles. The van der Waals surface area contributed by atoms with Crippen molar-refractivity contribution in [3.63, 3.8) is 0 Å². The fourth-order valence-corrected chi connectivity index (χ4v) is 4.61. The standard InChI is InChI=1S/C26H26FN3O4S/c27-19-9-4-10-20(15-19)30(23(31)17-29-25(32)22-12-6-14-35-22)24(18-7-2-1-3-8-18)26(33)28-16-21-11-5-13-34-21/h1-4,6-10,12,14-15,21,24H,5,11,13,16-17H2,(H,28,33)(H,29,32). The van der Waals surface area contributed by atoms with Gasteiger partial charge in [-0.1, -0.05) is 42.5 Å². The van der Waals surface area contributed by atoms with Gasteiger partial charge in [0.05, 0.1) is 17.5 Å². The lowest BCUT2D eigenvalue weighted by Crippen LogP contribution is -2.48. The first-order chi connectivity index (χ1) is 17.0. The van der Waals surface area contributed by atoms with Gasteiger partial charge in [0.15, 0.2) is 0 Å². The van der Waals surface area contributed by atoms with E-state index >= 15 is 0 Å². The fourth-order valence-electron chi connectivity index (χ4n) is 3.97. The molecule has 1 aromatic heterocycles. The molecule has 0 saturated carbocycles. The average molecular weight is 496 g/mol. The molecule has 1 saturated heterocycles. The number of hydrogen-bond donors (Lipinski definition) is 2. The predicted octanol–water partition coefficient (Wildman–Crippen LogP) is 3.69. The van der Waals surface area contributed by atoms with Gasteiger partial charge in [0.2, 0.25) is 11.8 Å².